The lowest BCUT2D eigenvalue weighted by molar-refractivity contribution is -0.113. The number of hydrogen-bond acceptors (Lipinski definition) is 7. The summed E-state index contributed by atoms with van der Waals surface area (Å²) in [5.41, 5.74) is 3.87. The van der Waals surface area contributed by atoms with Gasteiger partial charge >= 0.3 is 0 Å². The molecule has 9 heteroatoms. The average Bonchev–Trinajstić information content (AvgIpc) is 3.37. The van der Waals surface area contributed by atoms with E-state index >= 15 is 0 Å². The molecule has 1 aliphatic rings. The zero-order chi connectivity index (χ0) is 22.9. The Balaban J connectivity index is 1.36. The molecule has 0 radical (unpaired) electrons. The van der Waals surface area contributed by atoms with Gasteiger partial charge in [0.15, 0.2) is 10.3 Å². The molecule has 168 valence electrons. The average molecular weight is 495 g/mol. The predicted molar refractivity (Wildman–Crippen MR) is 137 cm³/mol. The van der Waals surface area contributed by atoms with Gasteiger partial charge in [0, 0.05) is 11.7 Å². The van der Waals surface area contributed by atoms with E-state index in [4.69, 9.17) is 4.98 Å². The number of benzene rings is 2. The van der Waals surface area contributed by atoms with Crippen LogP contribution in [-0.2, 0) is 17.8 Å². The molecule has 2 aromatic heterocycles. The van der Waals surface area contributed by atoms with E-state index in [9.17, 15) is 9.59 Å². The van der Waals surface area contributed by atoms with Crippen LogP contribution >= 0.6 is 34.9 Å². The monoisotopic (exact) mass is 494 g/mol. The highest BCUT2D eigenvalue weighted by atomic mass is 32.2. The van der Waals surface area contributed by atoms with Gasteiger partial charge in [-0.05, 0) is 30.2 Å². The van der Waals surface area contributed by atoms with Crippen molar-refractivity contribution in [2.24, 2.45) is 0 Å². The van der Waals surface area contributed by atoms with Gasteiger partial charge in [0.1, 0.15) is 0 Å². The minimum absolute atomic E-state index is 0.0253. The number of rotatable bonds is 6. The summed E-state index contributed by atoms with van der Waals surface area (Å²) < 4.78 is 2.74. The second-order valence-corrected chi connectivity index (χ2v) is 11.4. The Hall–Kier alpha value is -2.62. The molecular weight excluding hydrogens is 472 g/mol. The van der Waals surface area contributed by atoms with E-state index in [0.717, 1.165) is 38.4 Å². The second-order valence-electron chi connectivity index (χ2n) is 8.01. The molecule has 0 unspecified atom stereocenters. The number of carbonyl (C=O) groups is 1. The molecule has 0 fully saturated rings. The van der Waals surface area contributed by atoms with Crippen molar-refractivity contribution in [2.75, 3.05) is 11.1 Å². The van der Waals surface area contributed by atoms with Crippen LogP contribution in [0.25, 0.3) is 10.2 Å². The molecule has 1 aliphatic heterocycles. The number of thiazole rings is 1. The van der Waals surface area contributed by atoms with E-state index < -0.39 is 0 Å². The number of anilines is 1. The number of aromatic nitrogens is 3. The van der Waals surface area contributed by atoms with Gasteiger partial charge in [-0.2, -0.15) is 0 Å². The highest BCUT2D eigenvalue weighted by molar-refractivity contribution is 8.00. The standard InChI is InChI=1S/C24H22N4O2S3/c1-14-8-9-17-19(10-14)33-23(25-17)27-20(29)13-31-24-26-18-11-15(2)32-21(18)22(30)28(24)12-16-6-4-3-5-7-16/h3-10,15H,11-13H2,1-2H3,(H,25,27,29)/t15-/m1/s1. The molecule has 2 aromatic carbocycles. The quantitative estimate of drug-likeness (QED) is 0.301. The lowest BCUT2D eigenvalue weighted by Gasteiger charge is -2.13. The van der Waals surface area contributed by atoms with Gasteiger partial charge in [0.2, 0.25) is 5.91 Å². The van der Waals surface area contributed by atoms with Crippen molar-refractivity contribution in [3.63, 3.8) is 0 Å². The maximum Gasteiger partial charge on any atom is 0.268 e. The van der Waals surface area contributed by atoms with Crippen LogP contribution in [-0.4, -0.2) is 31.4 Å². The van der Waals surface area contributed by atoms with Crippen LogP contribution in [0, 0.1) is 6.92 Å². The number of amides is 1. The van der Waals surface area contributed by atoms with Crippen molar-refractivity contribution in [1.82, 2.24) is 14.5 Å². The molecule has 0 bridgehead atoms. The third-order valence-corrected chi connectivity index (χ3v) is 8.39. The summed E-state index contributed by atoms with van der Waals surface area (Å²) in [5, 5.41) is 4.38. The van der Waals surface area contributed by atoms with Crippen molar-refractivity contribution in [3.05, 3.63) is 75.7 Å². The lowest BCUT2D eigenvalue weighted by Crippen LogP contribution is -2.26. The smallest absolute Gasteiger partial charge is 0.268 e. The summed E-state index contributed by atoms with van der Waals surface area (Å²) in [6.07, 6.45) is 0.770. The number of nitrogens with one attached hydrogen (secondary N) is 1. The van der Waals surface area contributed by atoms with Crippen LogP contribution in [0.5, 0.6) is 0 Å². The first-order valence-electron chi connectivity index (χ1n) is 10.6. The van der Waals surface area contributed by atoms with E-state index in [0.29, 0.717) is 22.1 Å². The Kier molecular flexibility index (Phi) is 6.27. The van der Waals surface area contributed by atoms with Crippen molar-refractivity contribution >= 4 is 56.1 Å². The summed E-state index contributed by atoms with van der Waals surface area (Å²) in [6, 6.07) is 15.9. The Morgan fingerprint density at radius 1 is 1.21 bits per heavy atom. The van der Waals surface area contributed by atoms with Crippen LogP contribution < -0.4 is 10.9 Å². The molecule has 0 spiro atoms. The number of thioether (sulfide) groups is 2. The highest BCUT2D eigenvalue weighted by Crippen LogP contribution is 2.34. The summed E-state index contributed by atoms with van der Waals surface area (Å²) in [6.45, 7) is 4.56. The van der Waals surface area contributed by atoms with Crippen LogP contribution in [0.3, 0.4) is 0 Å². The van der Waals surface area contributed by atoms with E-state index in [1.165, 1.54) is 23.1 Å². The molecule has 1 atom stereocenters. The number of hydrogen-bond donors (Lipinski definition) is 1. The zero-order valence-electron chi connectivity index (χ0n) is 18.2. The topological polar surface area (TPSA) is 76.9 Å². The molecule has 5 rings (SSSR count). The molecule has 6 nitrogen and oxygen atoms in total. The molecule has 3 heterocycles. The Morgan fingerprint density at radius 2 is 2.03 bits per heavy atom. The predicted octanol–water partition coefficient (Wildman–Crippen LogP) is 4.98. The fourth-order valence-electron chi connectivity index (χ4n) is 3.72. The van der Waals surface area contributed by atoms with Crippen molar-refractivity contribution in [3.8, 4) is 0 Å². The van der Waals surface area contributed by atoms with E-state index in [-0.39, 0.29) is 17.2 Å². The molecule has 1 N–H and O–H groups in total. The minimum Gasteiger partial charge on any atom is -0.301 e. The number of fused-ring (bicyclic) bond motifs is 2. The zero-order valence-corrected chi connectivity index (χ0v) is 20.6. The first kappa shape index (κ1) is 22.2. The van der Waals surface area contributed by atoms with Crippen LogP contribution in [0.1, 0.15) is 23.7 Å². The van der Waals surface area contributed by atoms with Crippen LogP contribution in [0.4, 0.5) is 5.13 Å². The molecule has 0 aliphatic carbocycles. The van der Waals surface area contributed by atoms with Gasteiger partial charge in [-0.3, -0.25) is 14.2 Å². The molecule has 0 saturated heterocycles. The first-order chi connectivity index (χ1) is 16.0. The van der Waals surface area contributed by atoms with Gasteiger partial charge in [-0.25, -0.2) is 9.97 Å². The summed E-state index contributed by atoms with van der Waals surface area (Å²) in [7, 11) is 0. The SMILES string of the molecule is Cc1ccc2nc(NC(=O)CSc3nc4c(c(=O)n3Cc3ccccc3)S[C@H](C)C4)sc2c1. The number of aryl methyl sites for hydroxylation is 1. The largest absolute Gasteiger partial charge is 0.301 e. The van der Waals surface area contributed by atoms with Crippen molar-refractivity contribution in [2.45, 2.75) is 42.1 Å². The highest BCUT2D eigenvalue weighted by Gasteiger charge is 2.26. The number of carbonyl (C=O) groups excluding carboxylic acids is 1. The fourth-order valence-corrected chi connectivity index (χ4v) is 6.63. The summed E-state index contributed by atoms with van der Waals surface area (Å²) >= 11 is 4.34. The van der Waals surface area contributed by atoms with Crippen LogP contribution in [0.2, 0.25) is 0 Å². The summed E-state index contributed by atoms with van der Waals surface area (Å²) in [4.78, 5) is 36.0. The van der Waals surface area contributed by atoms with Gasteiger partial charge in [-0.1, -0.05) is 66.4 Å². The molecule has 33 heavy (non-hydrogen) atoms. The van der Waals surface area contributed by atoms with Gasteiger partial charge in [-0.15, -0.1) is 11.8 Å². The van der Waals surface area contributed by atoms with Crippen molar-refractivity contribution in [1.29, 1.82) is 0 Å². The van der Waals surface area contributed by atoms with E-state index in [1.54, 1.807) is 16.3 Å². The molecule has 4 aromatic rings. The molecular formula is C24H22N4O2S3. The van der Waals surface area contributed by atoms with Gasteiger partial charge < -0.3 is 5.32 Å². The summed E-state index contributed by atoms with van der Waals surface area (Å²) in [5.74, 6) is -0.0166. The first-order valence-corrected chi connectivity index (χ1v) is 13.3. The number of nitrogens with zero attached hydrogens (tertiary/aromatic N) is 3. The Bertz CT molecular complexity index is 1400. The van der Waals surface area contributed by atoms with Crippen molar-refractivity contribution < 1.29 is 4.79 Å². The van der Waals surface area contributed by atoms with Crippen LogP contribution in [0.15, 0.2) is 63.4 Å². The Morgan fingerprint density at radius 3 is 2.85 bits per heavy atom. The Labute approximate surface area is 203 Å². The van der Waals surface area contributed by atoms with Gasteiger partial charge in [0.05, 0.1) is 33.1 Å². The maximum atomic E-state index is 13.3. The van der Waals surface area contributed by atoms with E-state index in [1.807, 2.05) is 49.4 Å². The maximum absolute atomic E-state index is 13.3. The minimum atomic E-state index is -0.167. The van der Waals surface area contributed by atoms with Gasteiger partial charge in [0.25, 0.3) is 5.56 Å². The van der Waals surface area contributed by atoms with E-state index in [2.05, 4.69) is 23.3 Å². The fraction of sp³-hybridized carbons (Fsp3) is 0.250. The third-order valence-electron chi connectivity index (χ3n) is 5.27. The molecule has 1 amide bonds. The lowest BCUT2D eigenvalue weighted by atomic mass is 10.2. The normalized spacial score (nSPS) is 15.0. The third kappa shape index (κ3) is 4.85. The second kappa shape index (κ2) is 9.32. The molecule has 0 saturated carbocycles.